The molecule has 1 N–H and O–H groups in total. The van der Waals surface area contributed by atoms with Gasteiger partial charge in [-0.05, 0) is 49.9 Å². The summed E-state index contributed by atoms with van der Waals surface area (Å²) in [5.74, 6) is 1.54. The van der Waals surface area contributed by atoms with Crippen LogP contribution in [-0.2, 0) is 0 Å². The van der Waals surface area contributed by atoms with Crippen LogP contribution in [-0.4, -0.2) is 33.9 Å². The monoisotopic (exact) mass is 324 g/mol. The van der Waals surface area contributed by atoms with Crippen LogP contribution >= 0.6 is 0 Å². The fourth-order valence-corrected chi connectivity index (χ4v) is 2.93. The summed E-state index contributed by atoms with van der Waals surface area (Å²) in [5, 5.41) is 3.31. The molecule has 126 valence electrons. The molecule has 0 aromatic carbocycles. The van der Waals surface area contributed by atoms with Crippen molar-refractivity contribution in [1.29, 1.82) is 0 Å². The number of hydrogen-bond acceptors (Lipinski definition) is 4. The highest BCUT2D eigenvalue weighted by Crippen LogP contribution is 2.19. The van der Waals surface area contributed by atoms with E-state index in [0.29, 0.717) is 11.5 Å². The molecule has 3 heterocycles. The standard InChI is InChI=1S/C19H24N4O/c1-14-8-11-23(12-9-14)19(24)16-6-7-18(21-13-16)22-15(2)17-5-3-4-10-20-17/h3-7,10,13-15H,8-9,11-12H2,1-2H3,(H,21,22)/t15-/m1/s1. The number of carbonyl (C=O) groups excluding carboxylic acids is 1. The molecule has 0 bridgehead atoms. The van der Waals surface area contributed by atoms with Crippen LogP contribution in [0.5, 0.6) is 0 Å². The van der Waals surface area contributed by atoms with E-state index in [1.165, 1.54) is 0 Å². The van der Waals surface area contributed by atoms with E-state index >= 15 is 0 Å². The van der Waals surface area contributed by atoms with Crippen LogP contribution < -0.4 is 5.32 Å². The molecule has 3 rings (SSSR count). The van der Waals surface area contributed by atoms with Crippen molar-refractivity contribution >= 4 is 11.7 Å². The third-order valence-corrected chi connectivity index (χ3v) is 4.58. The molecule has 1 saturated heterocycles. The van der Waals surface area contributed by atoms with E-state index in [-0.39, 0.29) is 11.9 Å². The molecular weight excluding hydrogens is 300 g/mol. The van der Waals surface area contributed by atoms with Gasteiger partial charge in [0.15, 0.2) is 0 Å². The summed E-state index contributed by atoms with van der Waals surface area (Å²) in [6.07, 6.45) is 5.61. The van der Waals surface area contributed by atoms with Gasteiger partial charge in [0, 0.05) is 25.5 Å². The number of nitrogens with one attached hydrogen (secondary N) is 1. The van der Waals surface area contributed by atoms with Crippen molar-refractivity contribution < 1.29 is 4.79 Å². The third kappa shape index (κ3) is 3.91. The highest BCUT2D eigenvalue weighted by molar-refractivity contribution is 5.94. The van der Waals surface area contributed by atoms with Gasteiger partial charge in [0.1, 0.15) is 5.82 Å². The van der Waals surface area contributed by atoms with E-state index in [0.717, 1.165) is 37.4 Å². The molecule has 5 nitrogen and oxygen atoms in total. The topological polar surface area (TPSA) is 58.1 Å². The van der Waals surface area contributed by atoms with E-state index in [1.807, 2.05) is 42.2 Å². The first-order chi connectivity index (χ1) is 11.6. The zero-order valence-electron chi connectivity index (χ0n) is 14.3. The summed E-state index contributed by atoms with van der Waals surface area (Å²) < 4.78 is 0. The minimum absolute atomic E-state index is 0.0591. The Morgan fingerprint density at radius 2 is 2.00 bits per heavy atom. The van der Waals surface area contributed by atoms with E-state index in [1.54, 1.807) is 12.4 Å². The van der Waals surface area contributed by atoms with Crippen molar-refractivity contribution in [2.24, 2.45) is 5.92 Å². The summed E-state index contributed by atoms with van der Waals surface area (Å²) in [6.45, 7) is 5.97. The third-order valence-electron chi connectivity index (χ3n) is 4.58. The lowest BCUT2D eigenvalue weighted by Crippen LogP contribution is -2.37. The number of likely N-dealkylation sites (tertiary alicyclic amines) is 1. The Hall–Kier alpha value is -2.43. The summed E-state index contributed by atoms with van der Waals surface area (Å²) in [5.41, 5.74) is 1.61. The number of nitrogens with zero attached hydrogens (tertiary/aromatic N) is 3. The fraction of sp³-hybridized carbons (Fsp3) is 0.421. The quantitative estimate of drug-likeness (QED) is 0.935. The van der Waals surface area contributed by atoms with Crippen LogP contribution in [0.1, 0.15) is 48.8 Å². The Labute approximate surface area is 143 Å². The molecule has 1 aliphatic heterocycles. The first-order valence-corrected chi connectivity index (χ1v) is 8.56. The molecule has 1 amide bonds. The molecular formula is C19H24N4O. The van der Waals surface area contributed by atoms with Gasteiger partial charge in [0.05, 0.1) is 17.3 Å². The Morgan fingerprint density at radius 3 is 2.62 bits per heavy atom. The molecule has 1 atom stereocenters. The van der Waals surface area contributed by atoms with E-state index in [9.17, 15) is 4.79 Å². The average molecular weight is 324 g/mol. The van der Waals surface area contributed by atoms with Crippen LogP contribution in [0.4, 0.5) is 5.82 Å². The average Bonchev–Trinajstić information content (AvgIpc) is 2.63. The maximum atomic E-state index is 12.5. The maximum Gasteiger partial charge on any atom is 0.255 e. The lowest BCUT2D eigenvalue weighted by atomic mass is 9.99. The van der Waals surface area contributed by atoms with Crippen LogP contribution in [0.15, 0.2) is 42.7 Å². The minimum atomic E-state index is 0.0591. The van der Waals surface area contributed by atoms with Crippen molar-refractivity contribution in [1.82, 2.24) is 14.9 Å². The predicted molar refractivity (Wildman–Crippen MR) is 94.8 cm³/mol. The normalized spacial score (nSPS) is 16.7. The SMILES string of the molecule is CC1CCN(C(=O)c2ccc(N[C@H](C)c3ccccn3)nc2)CC1. The number of aromatic nitrogens is 2. The number of hydrogen-bond donors (Lipinski definition) is 1. The molecule has 0 radical (unpaired) electrons. The van der Waals surface area contributed by atoms with Crippen molar-refractivity contribution in [2.75, 3.05) is 18.4 Å². The van der Waals surface area contributed by atoms with Crippen molar-refractivity contribution in [3.05, 3.63) is 54.0 Å². The van der Waals surface area contributed by atoms with Gasteiger partial charge < -0.3 is 10.2 Å². The maximum absolute atomic E-state index is 12.5. The van der Waals surface area contributed by atoms with Crippen LogP contribution in [0.2, 0.25) is 0 Å². The predicted octanol–water partition coefficient (Wildman–Crippen LogP) is 3.52. The lowest BCUT2D eigenvalue weighted by molar-refractivity contribution is 0.0697. The van der Waals surface area contributed by atoms with Gasteiger partial charge in [-0.25, -0.2) is 4.98 Å². The largest absolute Gasteiger partial charge is 0.362 e. The number of carbonyl (C=O) groups is 1. The van der Waals surface area contributed by atoms with Crippen LogP contribution in [0, 0.1) is 5.92 Å². The van der Waals surface area contributed by atoms with E-state index in [2.05, 4.69) is 22.2 Å². The summed E-state index contributed by atoms with van der Waals surface area (Å²) in [7, 11) is 0. The molecule has 0 spiro atoms. The summed E-state index contributed by atoms with van der Waals surface area (Å²) in [6, 6.07) is 9.61. The van der Waals surface area contributed by atoms with Crippen molar-refractivity contribution in [2.45, 2.75) is 32.7 Å². The number of pyridine rings is 2. The van der Waals surface area contributed by atoms with Gasteiger partial charge >= 0.3 is 0 Å². The second-order valence-corrected chi connectivity index (χ2v) is 6.53. The number of piperidine rings is 1. The van der Waals surface area contributed by atoms with Gasteiger partial charge in [-0.1, -0.05) is 13.0 Å². The second-order valence-electron chi connectivity index (χ2n) is 6.53. The van der Waals surface area contributed by atoms with Gasteiger partial charge in [-0.15, -0.1) is 0 Å². The molecule has 0 unspecified atom stereocenters. The zero-order valence-corrected chi connectivity index (χ0v) is 14.3. The van der Waals surface area contributed by atoms with Gasteiger partial charge in [0.2, 0.25) is 0 Å². The number of anilines is 1. The highest BCUT2D eigenvalue weighted by atomic mass is 16.2. The smallest absolute Gasteiger partial charge is 0.255 e. The Balaban J connectivity index is 1.62. The first kappa shape index (κ1) is 16.4. The molecule has 0 saturated carbocycles. The van der Waals surface area contributed by atoms with Crippen molar-refractivity contribution in [3.63, 3.8) is 0 Å². The molecule has 0 aliphatic carbocycles. The molecule has 5 heteroatoms. The Morgan fingerprint density at radius 1 is 1.21 bits per heavy atom. The molecule has 24 heavy (non-hydrogen) atoms. The zero-order chi connectivity index (χ0) is 16.9. The highest BCUT2D eigenvalue weighted by Gasteiger charge is 2.21. The van der Waals surface area contributed by atoms with Crippen LogP contribution in [0.3, 0.4) is 0 Å². The van der Waals surface area contributed by atoms with E-state index in [4.69, 9.17) is 0 Å². The Kier molecular flexibility index (Phi) is 5.08. The number of amides is 1. The van der Waals surface area contributed by atoms with Gasteiger partial charge in [0.25, 0.3) is 5.91 Å². The molecule has 1 aliphatic rings. The van der Waals surface area contributed by atoms with Gasteiger partial charge in [-0.2, -0.15) is 0 Å². The molecule has 2 aromatic rings. The summed E-state index contributed by atoms with van der Waals surface area (Å²) >= 11 is 0. The van der Waals surface area contributed by atoms with Crippen LogP contribution in [0.25, 0.3) is 0 Å². The number of rotatable bonds is 4. The minimum Gasteiger partial charge on any atom is -0.362 e. The second kappa shape index (κ2) is 7.43. The molecule has 1 fully saturated rings. The summed E-state index contributed by atoms with van der Waals surface area (Å²) in [4.78, 5) is 23.2. The van der Waals surface area contributed by atoms with Gasteiger partial charge in [-0.3, -0.25) is 9.78 Å². The first-order valence-electron chi connectivity index (χ1n) is 8.56. The fourth-order valence-electron chi connectivity index (χ4n) is 2.93. The Bertz CT molecular complexity index is 664. The molecule has 2 aromatic heterocycles. The lowest BCUT2D eigenvalue weighted by Gasteiger charge is -2.30. The van der Waals surface area contributed by atoms with Crippen molar-refractivity contribution in [3.8, 4) is 0 Å². The van der Waals surface area contributed by atoms with E-state index < -0.39 is 0 Å².